The van der Waals surface area contributed by atoms with Crippen molar-refractivity contribution in [1.29, 1.82) is 0 Å². The number of pyridine rings is 1. The molecule has 0 aliphatic carbocycles. The van der Waals surface area contributed by atoms with Crippen LogP contribution < -0.4 is 0 Å². The molecule has 0 unspecified atom stereocenters. The zero-order valence-corrected chi connectivity index (χ0v) is 13.8. The fourth-order valence-corrected chi connectivity index (χ4v) is 2.71. The van der Waals surface area contributed by atoms with Crippen LogP contribution >= 0.6 is 11.6 Å². The molecule has 0 bridgehead atoms. The summed E-state index contributed by atoms with van der Waals surface area (Å²) in [5, 5.41) is 1.44. The molecular formula is C19H15ClFNO2. The molecule has 0 saturated carbocycles. The van der Waals surface area contributed by atoms with Crippen LogP contribution in [0, 0.1) is 12.7 Å². The van der Waals surface area contributed by atoms with Crippen LogP contribution in [0.3, 0.4) is 0 Å². The first-order valence-electron chi connectivity index (χ1n) is 7.49. The van der Waals surface area contributed by atoms with Gasteiger partial charge in [0.15, 0.2) is 0 Å². The van der Waals surface area contributed by atoms with E-state index in [0.717, 1.165) is 16.5 Å². The number of benzene rings is 2. The maximum Gasteiger partial charge on any atom is 0.310 e. The molecule has 0 aliphatic rings. The Bertz CT molecular complexity index is 911. The molecular weight excluding hydrogens is 329 g/mol. The number of fused-ring (bicyclic) bond motifs is 1. The van der Waals surface area contributed by atoms with E-state index in [0.29, 0.717) is 16.3 Å². The maximum absolute atomic E-state index is 13.6. The summed E-state index contributed by atoms with van der Waals surface area (Å²) in [4.78, 5) is 16.4. The molecule has 0 aliphatic heterocycles. The van der Waals surface area contributed by atoms with Gasteiger partial charge in [-0.05, 0) is 30.2 Å². The smallest absolute Gasteiger partial charge is 0.310 e. The van der Waals surface area contributed by atoms with Gasteiger partial charge in [0, 0.05) is 5.39 Å². The fraction of sp³-hybridized carbons (Fsp3) is 0.158. The highest BCUT2D eigenvalue weighted by Crippen LogP contribution is 2.27. The first kappa shape index (κ1) is 16.4. The van der Waals surface area contributed by atoms with Gasteiger partial charge in [0.2, 0.25) is 0 Å². The normalized spacial score (nSPS) is 10.8. The van der Waals surface area contributed by atoms with Gasteiger partial charge < -0.3 is 4.74 Å². The molecule has 0 saturated heterocycles. The van der Waals surface area contributed by atoms with Crippen molar-refractivity contribution in [2.75, 3.05) is 0 Å². The summed E-state index contributed by atoms with van der Waals surface area (Å²) in [6.07, 6.45) is -0.128. The van der Waals surface area contributed by atoms with E-state index in [1.165, 1.54) is 6.07 Å². The summed E-state index contributed by atoms with van der Waals surface area (Å²) < 4.78 is 18.8. The quantitative estimate of drug-likeness (QED) is 0.649. The van der Waals surface area contributed by atoms with E-state index in [1.807, 2.05) is 31.2 Å². The highest BCUT2D eigenvalue weighted by Gasteiger charge is 2.13. The second-order valence-corrected chi connectivity index (χ2v) is 5.82. The van der Waals surface area contributed by atoms with Crippen molar-refractivity contribution in [2.24, 2.45) is 0 Å². The van der Waals surface area contributed by atoms with Crippen molar-refractivity contribution in [1.82, 2.24) is 4.98 Å². The highest BCUT2D eigenvalue weighted by atomic mass is 35.5. The number of aryl methyl sites for hydroxylation is 1. The van der Waals surface area contributed by atoms with Crippen molar-refractivity contribution in [3.63, 3.8) is 0 Å². The van der Waals surface area contributed by atoms with Crippen LogP contribution in [0.15, 0.2) is 48.5 Å². The molecule has 1 aromatic heterocycles. The number of para-hydroxylation sites is 1. The van der Waals surface area contributed by atoms with E-state index in [-0.39, 0.29) is 13.0 Å². The molecule has 3 nitrogen and oxygen atoms in total. The van der Waals surface area contributed by atoms with Gasteiger partial charge >= 0.3 is 5.97 Å². The molecule has 1 heterocycles. The summed E-state index contributed by atoms with van der Waals surface area (Å²) in [7, 11) is 0. The zero-order chi connectivity index (χ0) is 17.1. The minimum absolute atomic E-state index is 0.0439. The third-order valence-electron chi connectivity index (χ3n) is 3.81. The Hall–Kier alpha value is -2.46. The molecule has 24 heavy (non-hydrogen) atoms. The first-order chi connectivity index (χ1) is 11.6. The van der Waals surface area contributed by atoms with Crippen LogP contribution in [0.1, 0.15) is 16.8 Å². The van der Waals surface area contributed by atoms with Gasteiger partial charge in [-0.2, -0.15) is 0 Å². The Labute approximate surface area is 144 Å². The topological polar surface area (TPSA) is 39.2 Å². The van der Waals surface area contributed by atoms with Gasteiger partial charge in [0.1, 0.15) is 12.4 Å². The lowest BCUT2D eigenvalue weighted by atomic mass is 10.1. The molecule has 0 fully saturated rings. The van der Waals surface area contributed by atoms with Crippen molar-refractivity contribution < 1.29 is 13.9 Å². The van der Waals surface area contributed by atoms with Crippen LogP contribution in [-0.2, 0) is 22.6 Å². The number of hydrogen-bond acceptors (Lipinski definition) is 3. The SMILES string of the molecule is Cc1c(Cl)c(COC(=O)Cc2ccccc2F)nc2ccccc12. The van der Waals surface area contributed by atoms with Gasteiger partial charge in [-0.15, -0.1) is 0 Å². The van der Waals surface area contributed by atoms with Crippen LogP contribution in [-0.4, -0.2) is 11.0 Å². The number of halogens is 2. The number of carbonyl (C=O) groups is 1. The van der Waals surface area contributed by atoms with E-state index >= 15 is 0 Å². The number of nitrogens with zero attached hydrogens (tertiary/aromatic N) is 1. The van der Waals surface area contributed by atoms with Crippen LogP contribution in [0.25, 0.3) is 10.9 Å². The van der Waals surface area contributed by atoms with Gasteiger partial charge in [0.25, 0.3) is 0 Å². The second-order valence-electron chi connectivity index (χ2n) is 5.44. The van der Waals surface area contributed by atoms with Crippen molar-refractivity contribution >= 4 is 28.5 Å². The summed E-state index contributed by atoms with van der Waals surface area (Å²) in [5.41, 5.74) is 2.48. The maximum atomic E-state index is 13.6. The monoisotopic (exact) mass is 343 g/mol. The van der Waals surface area contributed by atoms with Gasteiger partial charge in [0.05, 0.1) is 22.7 Å². The van der Waals surface area contributed by atoms with E-state index in [2.05, 4.69) is 4.98 Å². The average Bonchev–Trinajstić information content (AvgIpc) is 2.59. The van der Waals surface area contributed by atoms with E-state index in [4.69, 9.17) is 16.3 Å². The summed E-state index contributed by atoms with van der Waals surface area (Å²) in [6, 6.07) is 13.7. The molecule has 3 aromatic rings. The molecule has 0 radical (unpaired) electrons. The van der Waals surface area contributed by atoms with Crippen molar-refractivity contribution in [2.45, 2.75) is 20.0 Å². The lowest BCUT2D eigenvalue weighted by Gasteiger charge is -2.11. The van der Waals surface area contributed by atoms with E-state index < -0.39 is 11.8 Å². The van der Waals surface area contributed by atoms with Gasteiger partial charge in [-0.1, -0.05) is 48.0 Å². The number of aromatic nitrogens is 1. The first-order valence-corrected chi connectivity index (χ1v) is 7.87. The summed E-state index contributed by atoms with van der Waals surface area (Å²) in [5.74, 6) is -0.948. The number of hydrogen-bond donors (Lipinski definition) is 0. The van der Waals surface area contributed by atoms with Crippen LogP contribution in [0.2, 0.25) is 5.02 Å². The average molecular weight is 344 g/mol. The molecule has 2 aromatic carbocycles. The number of rotatable bonds is 4. The van der Waals surface area contributed by atoms with E-state index in [1.54, 1.807) is 18.2 Å². The summed E-state index contributed by atoms with van der Waals surface area (Å²) in [6.45, 7) is 1.86. The zero-order valence-electron chi connectivity index (χ0n) is 13.1. The molecule has 5 heteroatoms. The number of carbonyl (C=O) groups excluding carboxylic acids is 1. The van der Waals surface area contributed by atoms with Crippen molar-refractivity contribution in [3.8, 4) is 0 Å². The summed E-state index contributed by atoms with van der Waals surface area (Å²) >= 11 is 6.33. The Morgan fingerprint density at radius 2 is 1.88 bits per heavy atom. The number of esters is 1. The highest BCUT2D eigenvalue weighted by molar-refractivity contribution is 6.32. The molecule has 0 amide bonds. The lowest BCUT2D eigenvalue weighted by molar-refractivity contribution is -0.144. The lowest BCUT2D eigenvalue weighted by Crippen LogP contribution is -2.10. The van der Waals surface area contributed by atoms with Gasteiger partial charge in [-0.3, -0.25) is 4.79 Å². The largest absolute Gasteiger partial charge is 0.459 e. The van der Waals surface area contributed by atoms with Crippen LogP contribution in [0.5, 0.6) is 0 Å². The Balaban J connectivity index is 1.75. The molecule has 0 spiro atoms. The third-order valence-corrected chi connectivity index (χ3v) is 4.31. The third kappa shape index (κ3) is 3.39. The Morgan fingerprint density at radius 1 is 1.17 bits per heavy atom. The Morgan fingerprint density at radius 3 is 2.67 bits per heavy atom. The Kier molecular flexibility index (Phi) is 4.76. The van der Waals surface area contributed by atoms with Crippen LogP contribution in [0.4, 0.5) is 4.39 Å². The predicted molar refractivity (Wildman–Crippen MR) is 91.4 cm³/mol. The fourth-order valence-electron chi connectivity index (χ4n) is 2.51. The number of ether oxygens (including phenoxy) is 1. The molecule has 0 N–H and O–H groups in total. The molecule has 3 rings (SSSR count). The minimum atomic E-state index is -0.524. The van der Waals surface area contributed by atoms with Gasteiger partial charge in [-0.25, -0.2) is 9.37 Å². The molecule has 0 atom stereocenters. The predicted octanol–water partition coefficient (Wildman–Crippen LogP) is 4.62. The van der Waals surface area contributed by atoms with E-state index in [9.17, 15) is 9.18 Å². The van der Waals surface area contributed by atoms with Crippen molar-refractivity contribution in [3.05, 3.63) is 76.2 Å². The molecule has 122 valence electrons. The standard InChI is InChI=1S/C19H15ClFNO2/c1-12-14-7-3-5-9-16(14)22-17(19(12)20)11-24-18(23)10-13-6-2-4-8-15(13)21/h2-9H,10-11H2,1H3. The minimum Gasteiger partial charge on any atom is -0.459 e. The second kappa shape index (κ2) is 6.97.